The third-order valence-electron chi connectivity index (χ3n) is 4.70. The van der Waals surface area contributed by atoms with Crippen LogP contribution in [0.3, 0.4) is 0 Å². The Morgan fingerprint density at radius 3 is 2.46 bits per heavy atom. The Kier molecular flexibility index (Phi) is 5.08. The molecule has 0 atom stereocenters. The van der Waals surface area contributed by atoms with Crippen LogP contribution in [0.4, 0.5) is 0 Å². The lowest BCUT2D eigenvalue weighted by Gasteiger charge is -2.19. The van der Waals surface area contributed by atoms with Crippen molar-refractivity contribution in [3.05, 3.63) is 54.4 Å². The maximum absolute atomic E-state index is 5.25. The van der Waals surface area contributed by atoms with Crippen LogP contribution in [0, 0.1) is 0 Å². The van der Waals surface area contributed by atoms with Crippen LogP contribution in [0.1, 0.15) is 18.4 Å². The van der Waals surface area contributed by atoms with E-state index in [1.165, 1.54) is 18.4 Å². The van der Waals surface area contributed by atoms with E-state index < -0.39 is 0 Å². The molecule has 1 heterocycles. The number of ether oxygens (including phenoxy) is 1. The maximum atomic E-state index is 5.25. The molecular weight excluding hydrogens is 300 g/mol. The molecule has 0 aliphatic heterocycles. The minimum atomic E-state index is 0.240. The zero-order chi connectivity index (χ0) is 16.8. The first kappa shape index (κ1) is 16.4. The fourth-order valence-electron chi connectivity index (χ4n) is 2.96. The smallest absolute Gasteiger partial charge is 0.191 e. The molecule has 128 valence electrons. The number of nitrogens with one attached hydrogen (secondary N) is 2. The van der Waals surface area contributed by atoms with Gasteiger partial charge in [0.15, 0.2) is 5.96 Å². The van der Waals surface area contributed by atoms with Gasteiger partial charge in [0.05, 0.1) is 7.11 Å². The van der Waals surface area contributed by atoms with Crippen molar-refractivity contribution in [1.82, 2.24) is 15.2 Å². The van der Waals surface area contributed by atoms with Gasteiger partial charge in [0.2, 0.25) is 0 Å². The van der Waals surface area contributed by atoms with Crippen LogP contribution in [0.25, 0.3) is 0 Å². The molecule has 0 saturated heterocycles. The summed E-state index contributed by atoms with van der Waals surface area (Å²) in [7, 11) is 3.52. The number of aliphatic imine (C=N–C) groups is 1. The van der Waals surface area contributed by atoms with E-state index in [1.54, 1.807) is 7.11 Å². The second-order valence-corrected chi connectivity index (χ2v) is 6.28. The van der Waals surface area contributed by atoms with Crippen molar-refractivity contribution in [3.8, 4) is 5.75 Å². The lowest BCUT2D eigenvalue weighted by Crippen LogP contribution is -2.42. The average Bonchev–Trinajstić information content (AvgIpc) is 3.24. The minimum absolute atomic E-state index is 0.240. The molecule has 0 spiro atoms. The lowest BCUT2D eigenvalue weighted by atomic mass is 9.96. The molecule has 24 heavy (non-hydrogen) atoms. The number of hydrogen-bond donors (Lipinski definition) is 2. The largest absolute Gasteiger partial charge is 0.497 e. The lowest BCUT2D eigenvalue weighted by molar-refractivity contribution is 0.414. The number of guanidine groups is 1. The Morgan fingerprint density at radius 1 is 1.17 bits per heavy atom. The summed E-state index contributed by atoms with van der Waals surface area (Å²) in [5, 5.41) is 6.85. The van der Waals surface area contributed by atoms with Gasteiger partial charge in [0, 0.05) is 44.5 Å². The predicted octanol–water partition coefficient (Wildman–Crippen LogP) is 2.39. The summed E-state index contributed by atoms with van der Waals surface area (Å²) in [5.41, 5.74) is 1.61. The van der Waals surface area contributed by atoms with Crippen molar-refractivity contribution in [2.75, 3.05) is 27.2 Å². The van der Waals surface area contributed by atoms with Crippen molar-refractivity contribution >= 4 is 5.96 Å². The fourth-order valence-corrected chi connectivity index (χ4v) is 2.96. The number of rotatable bonds is 7. The van der Waals surface area contributed by atoms with Crippen molar-refractivity contribution in [3.63, 3.8) is 0 Å². The molecule has 0 radical (unpaired) electrons. The molecule has 1 aromatic heterocycles. The Balaban J connectivity index is 1.49. The van der Waals surface area contributed by atoms with Crippen LogP contribution in [0.15, 0.2) is 53.8 Å². The highest BCUT2D eigenvalue weighted by Gasteiger charge is 2.44. The summed E-state index contributed by atoms with van der Waals surface area (Å²) >= 11 is 0. The van der Waals surface area contributed by atoms with Gasteiger partial charge >= 0.3 is 0 Å². The summed E-state index contributed by atoms with van der Waals surface area (Å²) in [4.78, 5) is 4.32. The van der Waals surface area contributed by atoms with Crippen molar-refractivity contribution in [1.29, 1.82) is 0 Å². The predicted molar refractivity (Wildman–Crippen MR) is 97.7 cm³/mol. The second-order valence-electron chi connectivity index (χ2n) is 6.28. The summed E-state index contributed by atoms with van der Waals surface area (Å²) in [5.74, 6) is 1.77. The Morgan fingerprint density at radius 2 is 1.88 bits per heavy atom. The number of nitrogens with zero attached hydrogens (tertiary/aromatic N) is 2. The topological polar surface area (TPSA) is 50.6 Å². The fraction of sp³-hybridized carbons (Fsp3) is 0.421. The Hall–Kier alpha value is -2.43. The van der Waals surface area contributed by atoms with Gasteiger partial charge in [-0.3, -0.25) is 4.99 Å². The molecule has 0 bridgehead atoms. The summed E-state index contributed by atoms with van der Waals surface area (Å²) in [6.45, 7) is 2.68. The molecule has 2 N–H and O–H groups in total. The first-order valence-electron chi connectivity index (χ1n) is 8.45. The molecule has 2 aromatic rings. The molecule has 1 fully saturated rings. The summed E-state index contributed by atoms with van der Waals surface area (Å²) in [6.07, 6.45) is 6.57. The highest BCUT2D eigenvalue weighted by atomic mass is 16.5. The molecular formula is C19H26N4O. The van der Waals surface area contributed by atoms with Crippen LogP contribution in [0.2, 0.25) is 0 Å². The van der Waals surface area contributed by atoms with Crippen LogP contribution < -0.4 is 15.4 Å². The molecule has 3 rings (SSSR count). The van der Waals surface area contributed by atoms with Gasteiger partial charge < -0.3 is 19.9 Å². The number of aromatic nitrogens is 1. The molecule has 1 aliphatic rings. The van der Waals surface area contributed by atoms with E-state index in [2.05, 4.69) is 44.7 Å². The van der Waals surface area contributed by atoms with E-state index in [4.69, 9.17) is 4.74 Å². The Bertz CT molecular complexity index is 657. The van der Waals surface area contributed by atoms with Gasteiger partial charge in [0.1, 0.15) is 5.75 Å². The summed E-state index contributed by atoms with van der Waals surface area (Å²) in [6, 6.07) is 12.5. The molecule has 0 amide bonds. The molecule has 5 heteroatoms. The van der Waals surface area contributed by atoms with E-state index in [-0.39, 0.29) is 5.41 Å². The standard InChI is InChI=1S/C19H26N4O/c1-20-18(21-11-14-23-12-3-4-13-23)22-15-19(9-10-19)16-5-7-17(24-2)8-6-16/h3-8,12-13H,9-11,14-15H2,1-2H3,(H2,20,21,22). The SMILES string of the molecule is CN=C(NCCn1cccc1)NCC1(c2ccc(OC)cc2)CC1. The van der Waals surface area contributed by atoms with Crippen LogP contribution in [-0.2, 0) is 12.0 Å². The number of methoxy groups -OCH3 is 1. The van der Waals surface area contributed by atoms with Crippen molar-refractivity contribution < 1.29 is 4.74 Å². The molecule has 5 nitrogen and oxygen atoms in total. The monoisotopic (exact) mass is 326 g/mol. The quantitative estimate of drug-likeness (QED) is 0.607. The summed E-state index contributed by atoms with van der Waals surface area (Å²) < 4.78 is 7.40. The van der Waals surface area contributed by atoms with Gasteiger partial charge in [0.25, 0.3) is 0 Å². The second kappa shape index (κ2) is 7.43. The zero-order valence-corrected chi connectivity index (χ0v) is 14.5. The van der Waals surface area contributed by atoms with Crippen LogP contribution in [-0.4, -0.2) is 37.8 Å². The first-order chi connectivity index (χ1) is 11.8. The van der Waals surface area contributed by atoms with Gasteiger partial charge in [-0.2, -0.15) is 0 Å². The maximum Gasteiger partial charge on any atom is 0.191 e. The third kappa shape index (κ3) is 3.91. The average molecular weight is 326 g/mol. The van der Waals surface area contributed by atoms with Crippen LogP contribution in [0.5, 0.6) is 5.75 Å². The zero-order valence-electron chi connectivity index (χ0n) is 14.5. The Labute approximate surface area is 143 Å². The van der Waals surface area contributed by atoms with Gasteiger partial charge in [-0.25, -0.2) is 0 Å². The highest BCUT2D eigenvalue weighted by Crippen LogP contribution is 2.47. The third-order valence-corrected chi connectivity index (χ3v) is 4.70. The van der Waals surface area contributed by atoms with E-state index in [0.29, 0.717) is 0 Å². The number of benzene rings is 1. The molecule has 1 saturated carbocycles. The first-order valence-corrected chi connectivity index (χ1v) is 8.45. The van der Waals surface area contributed by atoms with E-state index in [0.717, 1.165) is 31.3 Å². The van der Waals surface area contributed by atoms with Crippen molar-refractivity contribution in [2.24, 2.45) is 4.99 Å². The van der Waals surface area contributed by atoms with Gasteiger partial charge in [-0.1, -0.05) is 12.1 Å². The normalized spacial score (nSPS) is 15.8. The molecule has 1 aliphatic carbocycles. The van der Waals surface area contributed by atoms with E-state index in [1.807, 2.05) is 31.3 Å². The number of hydrogen-bond acceptors (Lipinski definition) is 2. The van der Waals surface area contributed by atoms with E-state index in [9.17, 15) is 0 Å². The van der Waals surface area contributed by atoms with E-state index >= 15 is 0 Å². The van der Waals surface area contributed by atoms with Crippen LogP contribution >= 0.6 is 0 Å². The van der Waals surface area contributed by atoms with Crippen molar-refractivity contribution in [2.45, 2.75) is 24.8 Å². The minimum Gasteiger partial charge on any atom is -0.497 e. The van der Waals surface area contributed by atoms with Gasteiger partial charge in [-0.05, 0) is 42.7 Å². The molecule has 1 aromatic carbocycles. The molecule has 0 unspecified atom stereocenters. The van der Waals surface area contributed by atoms with Gasteiger partial charge in [-0.15, -0.1) is 0 Å². The highest BCUT2D eigenvalue weighted by molar-refractivity contribution is 5.79.